The molecule has 0 bridgehead atoms. The molecule has 0 saturated heterocycles. The van der Waals surface area contributed by atoms with Crippen molar-refractivity contribution in [2.75, 3.05) is 0 Å². The minimum atomic E-state index is 0. The van der Waals surface area contributed by atoms with Crippen molar-refractivity contribution in [3.63, 3.8) is 0 Å². The molecule has 0 saturated carbocycles. The summed E-state index contributed by atoms with van der Waals surface area (Å²) in [5.74, 6) is 0. The molecule has 6 aromatic carbocycles. The van der Waals surface area contributed by atoms with Crippen LogP contribution >= 0.6 is 23.2 Å². The third kappa shape index (κ3) is 6.97. The van der Waals surface area contributed by atoms with E-state index in [-0.39, 0.29) is 30.2 Å². The molecule has 0 unspecified atom stereocenters. The van der Waals surface area contributed by atoms with E-state index in [2.05, 4.69) is 85.9 Å². The van der Waals surface area contributed by atoms with Crippen molar-refractivity contribution in [3.8, 4) is 0 Å². The van der Waals surface area contributed by atoms with Gasteiger partial charge in [0.25, 0.3) is 0 Å². The second kappa shape index (κ2) is 13.3. The first-order chi connectivity index (χ1) is 15.4. The van der Waals surface area contributed by atoms with Gasteiger partial charge in [-0.3, -0.25) is 0 Å². The molecule has 0 nitrogen and oxygen atoms in total. The third-order valence-electron chi connectivity index (χ3n) is 5.15. The first-order valence-corrected chi connectivity index (χ1v) is 17.4. The van der Waals surface area contributed by atoms with E-state index in [4.69, 9.17) is 23.2 Å². The third-order valence-corrected chi connectivity index (χ3v) is 5.62. The van der Waals surface area contributed by atoms with Crippen LogP contribution in [-0.2, 0) is 23.3 Å². The molecule has 0 spiro atoms. The summed E-state index contributed by atoms with van der Waals surface area (Å²) >= 11 is 13.6. The van der Waals surface area contributed by atoms with Gasteiger partial charge in [-0.05, 0) is 0 Å². The van der Waals surface area contributed by atoms with E-state index < -0.39 is 0 Å². The molecule has 6 heteroatoms. The Balaban J connectivity index is 0.000000198. The molecule has 0 fully saturated rings. The van der Waals surface area contributed by atoms with Crippen LogP contribution in [0, 0.1) is 0 Å². The summed E-state index contributed by atoms with van der Waals surface area (Å²) in [7, 11) is 0. The van der Waals surface area contributed by atoms with Crippen molar-refractivity contribution in [2.45, 2.75) is 13.1 Å². The van der Waals surface area contributed by atoms with E-state index in [1.807, 2.05) is 24.3 Å². The summed E-state index contributed by atoms with van der Waals surface area (Å²) in [6.07, 6.45) is 0. The van der Waals surface area contributed by atoms with Crippen LogP contribution in [-0.4, -0.2) is 5.43 Å². The van der Waals surface area contributed by atoms with Crippen molar-refractivity contribution in [3.05, 3.63) is 107 Å². The maximum atomic E-state index is 5.95. The smallest absolute Gasteiger partial charge is 0.00736 e. The Labute approximate surface area is 238 Å². The van der Waals surface area contributed by atoms with Crippen LogP contribution in [0.1, 0.15) is 0 Å². The molecule has 34 heavy (non-hydrogen) atoms. The van der Waals surface area contributed by atoms with Gasteiger partial charge >= 0.3 is 41.9 Å². The van der Waals surface area contributed by atoms with Crippen molar-refractivity contribution in [2.24, 2.45) is 0 Å². The summed E-state index contributed by atoms with van der Waals surface area (Å²) < 4.78 is 0. The summed E-state index contributed by atoms with van der Waals surface area (Å²) in [6.45, 7) is 4.62. The monoisotopic (exact) mass is 616 g/mol. The van der Waals surface area contributed by atoms with Gasteiger partial charge < -0.3 is 24.8 Å². The average molecular weight is 620 g/mol. The van der Waals surface area contributed by atoms with Gasteiger partial charge in [0.05, 0.1) is 0 Å². The van der Waals surface area contributed by atoms with E-state index in [9.17, 15) is 0 Å². The fraction of sp³-hybridized carbons (Fsp3) is 0.0714. The Morgan fingerprint density at radius 1 is 0.559 bits per heavy atom. The maximum Gasteiger partial charge on any atom is 0.00736 e. The Hall–Kier alpha value is -1.12. The molecule has 0 radical (unpaired) electrons. The van der Waals surface area contributed by atoms with Crippen molar-refractivity contribution in [1.82, 2.24) is 0 Å². The maximum absolute atomic E-state index is 5.95. The number of hydrogen-bond donors (Lipinski definition) is 0. The topological polar surface area (TPSA) is 0 Å². The van der Waals surface area contributed by atoms with E-state index in [1.165, 1.54) is 43.1 Å². The van der Waals surface area contributed by atoms with Crippen LogP contribution in [0.4, 0.5) is 0 Å². The van der Waals surface area contributed by atoms with Gasteiger partial charge in [0.1, 0.15) is 0 Å². The number of hydrogen-bond acceptors (Lipinski definition) is 0. The molecule has 6 rings (SSSR count). The minimum Gasteiger partial charge on any atom is -1.00 e. The SMILES string of the molecule is C[Si](C)=[Zr+2].Clc1ccc2c(c1)[cH-]c1ccccc12.Clc1ccc2c(c1)[cH-]c1ccccc12.[Cl-].[Cl-]. The predicted octanol–water partition coefficient (Wildman–Crippen LogP) is 3.52. The fourth-order valence-electron chi connectivity index (χ4n) is 3.87. The van der Waals surface area contributed by atoms with Crippen LogP contribution in [0.3, 0.4) is 0 Å². The molecule has 0 aromatic heterocycles. The van der Waals surface area contributed by atoms with Crippen molar-refractivity contribution >= 4 is 71.7 Å². The van der Waals surface area contributed by atoms with E-state index in [0.29, 0.717) is 0 Å². The first kappa shape index (κ1) is 29.1. The van der Waals surface area contributed by atoms with E-state index in [1.54, 1.807) is 23.3 Å². The number of halogens is 4. The molecule has 0 heterocycles. The van der Waals surface area contributed by atoms with Crippen LogP contribution in [0.2, 0.25) is 23.1 Å². The zero-order valence-corrected chi connectivity index (χ0v) is 25.2. The summed E-state index contributed by atoms with van der Waals surface area (Å²) in [6, 6.07) is 33.2. The molecule has 0 atom stereocenters. The molecule has 6 aromatic rings. The number of fused-ring (bicyclic) bond motifs is 6. The molecule has 0 amide bonds. The Bertz CT molecular complexity index is 1430. The molecular weight excluding hydrogens is 597 g/mol. The number of benzene rings is 4. The van der Waals surface area contributed by atoms with Gasteiger partial charge in [0.2, 0.25) is 0 Å². The van der Waals surface area contributed by atoms with Crippen LogP contribution < -0.4 is 24.8 Å². The molecular formula is C28H22Cl4SiZr-2. The molecule has 0 N–H and O–H groups in total. The largest absolute Gasteiger partial charge is 1.00 e. The predicted molar refractivity (Wildman–Crippen MR) is 142 cm³/mol. The zero-order valence-electron chi connectivity index (χ0n) is 18.7. The second-order valence-corrected chi connectivity index (χ2v) is 18.2. The standard InChI is InChI=1S/2C13H8Cl.C2H6Si.2ClH.Zr/c2*14-11-5-6-13-10(8-11)7-9-3-1-2-4-12(9)13;1-3-2;;;/h2*1-8H;1-2H3;2*1H;/q2*-1;;;;+2/p-2. The van der Waals surface area contributed by atoms with Crippen molar-refractivity contribution in [1.29, 1.82) is 0 Å². The summed E-state index contributed by atoms with van der Waals surface area (Å²) in [5, 5.41) is 11.8. The average Bonchev–Trinajstić information content (AvgIpc) is 3.30. The molecule has 0 aliphatic carbocycles. The summed E-state index contributed by atoms with van der Waals surface area (Å²) in [4.78, 5) is 0. The quantitative estimate of drug-likeness (QED) is 0.181. The first-order valence-electron chi connectivity index (χ1n) is 10.4. The van der Waals surface area contributed by atoms with Crippen molar-refractivity contribution < 1.29 is 48.1 Å². The van der Waals surface area contributed by atoms with Gasteiger partial charge in [-0.15, -0.1) is 79.5 Å². The van der Waals surface area contributed by atoms with Gasteiger partial charge in [0, 0.05) is 10.0 Å². The van der Waals surface area contributed by atoms with Crippen LogP contribution in [0.25, 0.3) is 43.1 Å². The molecule has 0 aliphatic heterocycles. The van der Waals surface area contributed by atoms with E-state index in [0.717, 1.165) is 10.0 Å². The second-order valence-electron chi connectivity index (χ2n) is 7.93. The Morgan fingerprint density at radius 3 is 1.26 bits per heavy atom. The van der Waals surface area contributed by atoms with Gasteiger partial charge in [-0.2, -0.15) is 0 Å². The fourth-order valence-corrected chi connectivity index (χ4v) is 4.23. The molecule has 0 aliphatic rings. The normalized spacial score (nSPS) is 10.1. The van der Waals surface area contributed by atoms with E-state index >= 15 is 0 Å². The Kier molecular flexibility index (Phi) is 11.4. The number of rotatable bonds is 0. The Morgan fingerprint density at radius 2 is 0.882 bits per heavy atom. The molecule has 172 valence electrons. The van der Waals surface area contributed by atoms with Gasteiger partial charge in [0.15, 0.2) is 0 Å². The minimum absolute atomic E-state index is 0. The van der Waals surface area contributed by atoms with Crippen LogP contribution in [0.5, 0.6) is 0 Å². The van der Waals surface area contributed by atoms with Crippen LogP contribution in [0.15, 0.2) is 97.1 Å². The van der Waals surface area contributed by atoms with Gasteiger partial charge in [-0.1, -0.05) is 83.9 Å². The summed E-state index contributed by atoms with van der Waals surface area (Å²) in [5.41, 5.74) is 0.210. The zero-order chi connectivity index (χ0) is 22.7. The van der Waals surface area contributed by atoms with Gasteiger partial charge in [-0.25, -0.2) is 0 Å².